The topological polar surface area (TPSA) is 53.4 Å². The van der Waals surface area contributed by atoms with Crippen molar-refractivity contribution >= 4 is 16.7 Å². The fourth-order valence-corrected chi connectivity index (χ4v) is 3.16. The number of carbonyl (C=O) groups is 1. The van der Waals surface area contributed by atoms with Crippen LogP contribution in [0.25, 0.3) is 10.8 Å². The number of hydrogen-bond acceptors (Lipinski definition) is 3. The van der Waals surface area contributed by atoms with Crippen LogP contribution in [-0.4, -0.2) is 40.1 Å². The predicted octanol–water partition coefficient (Wildman–Crippen LogP) is 2.61. The van der Waals surface area contributed by atoms with Gasteiger partial charge in [0, 0.05) is 30.8 Å². The van der Waals surface area contributed by atoms with Crippen LogP contribution in [-0.2, 0) is 0 Å². The molecule has 0 saturated carbocycles. The Morgan fingerprint density at radius 2 is 2.19 bits per heavy atom. The number of fused-ring (bicyclic) bond motifs is 1. The first-order chi connectivity index (χ1) is 10.3. The summed E-state index contributed by atoms with van der Waals surface area (Å²) < 4.78 is 0. The van der Waals surface area contributed by atoms with Gasteiger partial charge >= 0.3 is 0 Å². The van der Waals surface area contributed by atoms with Crippen LogP contribution < -0.4 is 0 Å². The smallest absolute Gasteiger partial charge is 0.273 e. The lowest BCUT2D eigenvalue weighted by Crippen LogP contribution is -2.36. The Labute approximate surface area is 124 Å². The van der Waals surface area contributed by atoms with Gasteiger partial charge in [-0.1, -0.05) is 24.3 Å². The van der Waals surface area contributed by atoms with Gasteiger partial charge in [-0.05, 0) is 37.1 Å². The first-order valence-electron chi connectivity index (χ1n) is 7.57. The summed E-state index contributed by atoms with van der Waals surface area (Å²) in [6.07, 6.45) is 5.38. The van der Waals surface area contributed by atoms with E-state index in [9.17, 15) is 4.79 Å². The standard InChI is InChI=1S/C17H20N2O2/c20-12-4-7-14-6-3-11-19(14)17(21)16-15-8-2-1-5-13(15)9-10-18-16/h1-2,5,8-10,14,20H,3-4,6-7,11-12H2. The first kappa shape index (κ1) is 14.0. The number of likely N-dealkylation sites (tertiary alicyclic amines) is 1. The third kappa shape index (κ3) is 2.76. The molecule has 21 heavy (non-hydrogen) atoms. The number of aliphatic hydroxyl groups excluding tert-OH is 1. The third-order valence-corrected chi connectivity index (χ3v) is 4.21. The highest BCUT2D eigenvalue weighted by atomic mass is 16.3. The molecule has 1 unspecified atom stereocenters. The average Bonchev–Trinajstić information content (AvgIpc) is 3.00. The van der Waals surface area contributed by atoms with Crippen LogP contribution in [0, 0.1) is 0 Å². The van der Waals surface area contributed by atoms with Gasteiger partial charge in [-0.2, -0.15) is 0 Å². The molecule has 2 aromatic rings. The zero-order chi connectivity index (χ0) is 14.7. The molecule has 0 spiro atoms. The molecule has 1 amide bonds. The van der Waals surface area contributed by atoms with E-state index in [1.165, 1.54) is 0 Å². The van der Waals surface area contributed by atoms with Crippen LogP contribution in [0.1, 0.15) is 36.2 Å². The summed E-state index contributed by atoms with van der Waals surface area (Å²) in [6.45, 7) is 0.977. The maximum Gasteiger partial charge on any atom is 0.273 e. The molecule has 3 rings (SSSR count). The molecule has 1 aromatic heterocycles. The van der Waals surface area contributed by atoms with Crippen molar-refractivity contribution in [1.82, 2.24) is 9.88 Å². The van der Waals surface area contributed by atoms with Gasteiger partial charge in [0.15, 0.2) is 0 Å². The molecule has 110 valence electrons. The summed E-state index contributed by atoms with van der Waals surface area (Å²) in [5, 5.41) is 11.0. The van der Waals surface area contributed by atoms with Crippen LogP contribution in [0.15, 0.2) is 36.5 Å². The van der Waals surface area contributed by atoms with Crippen LogP contribution in [0.4, 0.5) is 0 Å². The molecule has 0 aliphatic carbocycles. The van der Waals surface area contributed by atoms with Crippen LogP contribution in [0.2, 0.25) is 0 Å². The average molecular weight is 284 g/mol. The van der Waals surface area contributed by atoms with Gasteiger partial charge in [-0.3, -0.25) is 9.78 Å². The van der Waals surface area contributed by atoms with Crippen LogP contribution in [0.3, 0.4) is 0 Å². The fraction of sp³-hybridized carbons (Fsp3) is 0.412. The van der Waals surface area contributed by atoms with Crippen LogP contribution >= 0.6 is 0 Å². The van der Waals surface area contributed by atoms with E-state index in [0.717, 1.165) is 43.0 Å². The number of hydrogen-bond donors (Lipinski definition) is 1. The van der Waals surface area contributed by atoms with Crippen molar-refractivity contribution in [3.05, 3.63) is 42.2 Å². The van der Waals surface area contributed by atoms with Crippen LogP contribution in [0.5, 0.6) is 0 Å². The van der Waals surface area contributed by atoms with E-state index in [4.69, 9.17) is 5.11 Å². The van der Waals surface area contributed by atoms with Gasteiger partial charge in [-0.25, -0.2) is 0 Å². The molecule has 4 nitrogen and oxygen atoms in total. The quantitative estimate of drug-likeness (QED) is 0.939. The lowest BCUT2D eigenvalue weighted by Gasteiger charge is -2.24. The molecule has 1 aliphatic rings. The number of amides is 1. The molecule has 1 saturated heterocycles. The van der Waals surface area contributed by atoms with E-state index in [1.54, 1.807) is 6.20 Å². The van der Waals surface area contributed by atoms with Crippen molar-refractivity contribution < 1.29 is 9.90 Å². The van der Waals surface area contributed by atoms with Gasteiger partial charge in [-0.15, -0.1) is 0 Å². The molecule has 2 heterocycles. The van der Waals surface area contributed by atoms with Gasteiger partial charge in [0.05, 0.1) is 0 Å². The number of pyridine rings is 1. The Balaban J connectivity index is 1.89. The van der Waals surface area contributed by atoms with E-state index in [1.807, 2.05) is 35.2 Å². The second-order valence-corrected chi connectivity index (χ2v) is 5.54. The first-order valence-corrected chi connectivity index (χ1v) is 7.57. The number of aliphatic hydroxyl groups is 1. The maximum atomic E-state index is 12.8. The number of benzene rings is 1. The highest BCUT2D eigenvalue weighted by Gasteiger charge is 2.30. The Bertz CT molecular complexity index is 636. The van der Waals surface area contributed by atoms with E-state index >= 15 is 0 Å². The van der Waals surface area contributed by atoms with E-state index in [0.29, 0.717) is 5.69 Å². The molecular formula is C17H20N2O2. The molecule has 0 bridgehead atoms. The SMILES string of the molecule is O=C(c1nccc2ccccc12)N1CCCC1CCCO. The highest BCUT2D eigenvalue weighted by molar-refractivity contribution is 6.05. The molecule has 0 radical (unpaired) electrons. The summed E-state index contributed by atoms with van der Waals surface area (Å²) in [4.78, 5) is 19.1. The fourth-order valence-electron chi connectivity index (χ4n) is 3.16. The maximum absolute atomic E-state index is 12.8. The molecular weight excluding hydrogens is 264 g/mol. The van der Waals surface area contributed by atoms with Gasteiger partial charge < -0.3 is 10.0 Å². The minimum Gasteiger partial charge on any atom is -0.396 e. The van der Waals surface area contributed by atoms with Crippen molar-refractivity contribution in [2.75, 3.05) is 13.2 Å². The number of rotatable bonds is 4. The summed E-state index contributed by atoms with van der Waals surface area (Å²) in [5.74, 6) is 0.0206. The number of nitrogens with zero attached hydrogens (tertiary/aromatic N) is 2. The normalized spacial score (nSPS) is 18.3. The summed E-state index contributed by atoms with van der Waals surface area (Å²) in [5.41, 5.74) is 0.545. The zero-order valence-corrected chi connectivity index (χ0v) is 12.0. The number of aromatic nitrogens is 1. The lowest BCUT2D eigenvalue weighted by molar-refractivity contribution is 0.0720. The van der Waals surface area contributed by atoms with Crippen molar-refractivity contribution in [2.24, 2.45) is 0 Å². The van der Waals surface area contributed by atoms with Crippen molar-refractivity contribution in [2.45, 2.75) is 31.7 Å². The lowest BCUT2D eigenvalue weighted by atomic mass is 10.1. The number of carbonyl (C=O) groups excluding carboxylic acids is 1. The Morgan fingerprint density at radius 3 is 3.05 bits per heavy atom. The highest BCUT2D eigenvalue weighted by Crippen LogP contribution is 2.25. The minimum atomic E-state index is 0.0206. The van der Waals surface area contributed by atoms with Crippen molar-refractivity contribution in [3.8, 4) is 0 Å². The summed E-state index contributed by atoms with van der Waals surface area (Å²) in [7, 11) is 0. The van der Waals surface area contributed by atoms with Crippen molar-refractivity contribution in [1.29, 1.82) is 0 Å². The van der Waals surface area contributed by atoms with Gasteiger partial charge in [0.1, 0.15) is 5.69 Å². The largest absolute Gasteiger partial charge is 0.396 e. The molecule has 1 aliphatic heterocycles. The zero-order valence-electron chi connectivity index (χ0n) is 12.0. The van der Waals surface area contributed by atoms with E-state index in [2.05, 4.69) is 4.98 Å². The summed E-state index contributed by atoms with van der Waals surface area (Å²) in [6, 6.07) is 10.0. The molecule has 1 aromatic carbocycles. The Hall–Kier alpha value is -1.94. The predicted molar refractivity (Wildman–Crippen MR) is 82.1 cm³/mol. The Kier molecular flexibility index (Phi) is 4.15. The molecule has 1 fully saturated rings. The monoisotopic (exact) mass is 284 g/mol. The second kappa shape index (κ2) is 6.22. The molecule has 4 heteroatoms. The van der Waals surface area contributed by atoms with E-state index < -0.39 is 0 Å². The van der Waals surface area contributed by atoms with Crippen molar-refractivity contribution in [3.63, 3.8) is 0 Å². The Morgan fingerprint density at radius 1 is 1.33 bits per heavy atom. The minimum absolute atomic E-state index is 0.0206. The van der Waals surface area contributed by atoms with Gasteiger partial charge in [0.25, 0.3) is 5.91 Å². The second-order valence-electron chi connectivity index (χ2n) is 5.54. The van der Waals surface area contributed by atoms with Gasteiger partial charge in [0.2, 0.25) is 0 Å². The van der Waals surface area contributed by atoms with E-state index in [-0.39, 0.29) is 18.6 Å². The summed E-state index contributed by atoms with van der Waals surface area (Å²) >= 11 is 0. The third-order valence-electron chi connectivity index (χ3n) is 4.21. The molecule has 1 N–H and O–H groups in total. The molecule has 1 atom stereocenters.